The summed E-state index contributed by atoms with van der Waals surface area (Å²) in [5.74, 6) is 0.121. The first-order valence-electron chi connectivity index (χ1n) is 10.9. The molecule has 1 aliphatic rings. The lowest BCUT2D eigenvalue weighted by molar-refractivity contribution is -0.115. The highest BCUT2D eigenvalue weighted by atomic mass is 19.1. The summed E-state index contributed by atoms with van der Waals surface area (Å²) in [5.41, 5.74) is 6.06. The van der Waals surface area contributed by atoms with Crippen LogP contribution in [0.25, 0.3) is 11.3 Å². The zero-order chi connectivity index (χ0) is 22.8. The number of carbonyl (C=O) groups is 1. The Labute approximate surface area is 191 Å². The maximum Gasteiger partial charge on any atom is 0.229 e. The Morgan fingerprint density at radius 1 is 0.939 bits per heavy atom. The number of phenolic OH excluding ortho intramolecular Hbond substituents is 1. The standard InChI is InChI=1S/C27H22FN3O2/c28-20-9-6-18(7-10-20)15-25(33)31-27-24(14-17-4-2-1-3-5-17)29-26-22-12-11-21(32)16-19(22)8-13-23(26)30-27/h1-7,9-12,16,32H,8,13-15H2,(H,30,31,33). The van der Waals surface area contributed by atoms with Crippen molar-refractivity contribution in [2.24, 2.45) is 0 Å². The lowest BCUT2D eigenvalue weighted by atomic mass is 9.91. The lowest BCUT2D eigenvalue weighted by Crippen LogP contribution is -2.20. The number of anilines is 1. The van der Waals surface area contributed by atoms with Crippen molar-refractivity contribution in [2.45, 2.75) is 25.7 Å². The molecule has 3 aromatic carbocycles. The van der Waals surface area contributed by atoms with E-state index in [0.29, 0.717) is 24.4 Å². The second kappa shape index (κ2) is 8.82. The average Bonchev–Trinajstić information content (AvgIpc) is 2.81. The first-order valence-corrected chi connectivity index (χ1v) is 10.9. The largest absolute Gasteiger partial charge is 0.508 e. The Kier molecular flexibility index (Phi) is 5.57. The van der Waals surface area contributed by atoms with Gasteiger partial charge in [-0.2, -0.15) is 0 Å². The van der Waals surface area contributed by atoms with E-state index in [4.69, 9.17) is 9.97 Å². The van der Waals surface area contributed by atoms with Crippen LogP contribution < -0.4 is 5.32 Å². The Balaban J connectivity index is 1.50. The number of aromatic hydroxyl groups is 1. The molecule has 0 aliphatic heterocycles. The monoisotopic (exact) mass is 439 g/mol. The summed E-state index contributed by atoms with van der Waals surface area (Å²) in [6.07, 6.45) is 2.05. The first kappa shape index (κ1) is 20.8. The molecule has 1 heterocycles. The maximum absolute atomic E-state index is 13.2. The number of hydrogen-bond donors (Lipinski definition) is 2. The second-order valence-electron chi connectivity index (χ2n) is 8.17. The van der Waals surface area contributed by atoms with Crippen molar-refractivity contribution in [2.75, 3.05) is 5.32 Å². The topological polar surface area (TPSA) is 75.1 Å². The van der Waals surface area contributed by atoms with Gasteiger partial charge >= 0.3 is 0 Å². The zero-order valence-corrected chi connectivity index (χ0v) is 17.9. The van der Waals surface area contributed by atoms with Gasteiger partial charge < -0.3 is 10.4 Å². The van der Waals surface area contributed by atoms with Gasteiger partial charge in [-0.05, 0) is 59.9 Å². The number of carbonyl (C=O) groups excluding carboxylic acids is 1. The van der Waals surface area contributed by atoms with E-state index in [1.165, 1.54) is 12.1 Å². The minimum absolute atomic E-state index is 0.117. The van der Waals surface area contributed by atoms with Gasteiger partial charge in [0.05, 0.1) is 23.5 Å². The van der Waals surface area contributed by atoms with Gasteiger partial charge in [-0.1, -0.05) is 42.5 Å². The summed E-state index contributed by atoms with van der Waals surface area (Å²) in [7, 11) is 0. The molecule has 2 N–H and O–H groups in total. The minimum Gasteiger partial charge on any atom is -0.508 e. The van der Waals surface area contributed by atoms with Crippen LogP contribution in [-0.4, -0.2) is 21.0 Å². The summed E-state index contributed by atoms with van der Waals surface area (Å²) < 4.78 is 13.2. The number of amides is 1. The summed E-state index contributed by atoms with van der Waals surface area (Å²) in [6.45, 7) is 0. The molecule has 5 nitrogen and oxygen atoms in total. The van der Waals surface area contributed by atoms with Crippen LogP contribution in [0.1, 0.15) is 28.1 Å². The molecule has 0 saturated carbocycles. The average molecular weight is 439 g/mol. The molecule has 0 saturated heterocycles. The van der Waals surface area contributed by atoms with E-state index < -0.39 is 0 Å². The molecule has 1 aromatic heterocycles. The molecule has 4 aromatic rings. The Bertz CT molecular complexity index is 1320. The van der Waals surface area contributed by atoms with Crippen molar-refractivity contribution in [1.29, 1.82) is 0 Å². The third-order valence-corrected chi connectivity index (χ3v) is 5.77. The van der Waals surface area contributed by atoms with Crippen LogP contribution in [0.2, 0.25) is 0 Å². The smallest absolute Gasteiger partial charge is 0.229 e. The third kappa shape index (κ3) is 4.60. The maximum atomic E-state index is 13.2. The number of fused-ring (bicyclic) bond motifs is 3. The molecule has 0 spiro atoms. The molecule has 164 valence electrons. The van der Waals surface area contributed by atoms with Crippen molar-refractivity contribution in [1.82, 2.24) is 9.97 Å². The number of phenols is 1. The third-order valence-electron chi connectivity index (χ3n) is 5.77. The number of hydrogen-bond acceptors (Lipinski definition) is 4. The fourth-order valence-corrected chi connectivity index (χ4v) is 4.14. The first-order chi connectivity index (χ1) is 16.0. The van der Waals surface area contributed by atoms with E-state index in [2.05, 4.69) is 5.32 Å². The summed E-state index contributed by atoms with van der Waals surface area (Å²) in [4.78, 5) is 22.5. The Morgan fingerprint density at radius 2 is 1.73 bits per heavy atom. The van der Waals surface area contributed by atoms with E-state index in [0.717, 1.165) is 40.1 Å². The number of nitrogens with one attached hydrogen (secondary N) is 1. The quantitative estimate of drug-likeness (QED) is 0.466. The second-order valence-corrected chi connectivity index (χ2v) is 8.17. The van der Waals surface area contributed by atoms with Gasteiger partial charge in [0.2, 0.25) is 5.91 Å². The number of nitrogens with zero attached hydrogens (tertiary/aromatic N) is 2. The van der Waals surface area contributed by atoms with Crippen molar-refractivity contribution in [3.8, 4) is 17.0 Å². The van der Waals surface area contributed by atoms with E-state index in [-0.39, 0.29) is 23.9 Å². The summed E-state index contributed by atoms with van der Waals surface area (Å²) >= 11 is 0. The molecule has 0 fully saturated rings. The van der Waals surface area contributed by atoms with Crippen LogP contribution in [0.5, 0.6) is 5.75 Å². The summed E-state index contributed by atoms with van der Waals surface area (Å²) in [5, 5.41) is 12.8. The molecular formula is C27H22FN3O2. The van der Waals surface area contributed by atoms with E-state index in [1.54, 1.807) is 24.3 Å². The van der Waals surface area contributed by atoms with Gasteiger partial charge in [-0.3, -0.25) is 4.79 Å². The van der Waals surface area contributed by atoms with E-state index in [1.807, 2.05) is 36.4 Å². The molecule has 0 unspecified atom stereocenters. The summed E-state index contributed by atoms with van der Waals surface area (Å²) in [6, 6.07) is 21.1. The molecule has 0 bridgehead atoms. The van der Waals surface area contributed by atoms with Crippen LogP contribution in [0.3, 0.4) is 0 Å². The van der Waals surface area contributed by atoms with Gasteiger partial charge in [0, 0.05) is 12.0 Å². The normalized spacial score (nSPS) is 12.0. The minimum atomic E-state index is -0.335. The molecule has 5 rings (SSSR count). The molecular weight excluding hydrogens is 417 g/mol. The van der Waals surface area contributed by atoms with Crippen molar-refractivity contribution in [3.63, 3.8) is 0 Å². The molecule has 33 heavy (non-hydrogen) atoms. The Morgan fingerprint density at radius 3 is 2.52 bits per heavy atom. The van der Waals surface area contributed by atoms with Gasteiger partial charge in [0.15, 0.2) is 5.82 Å². The number of benzene rings is 3. The van der Waals surface area contributed by atoms with Crippen LogP contribution >= 0.6 is 0 Å². The zero-order valence-electron chi connectivity index (χ0n) is 17.9. The van der Waals surface area contributed by atoms with Gasteiger partial charge in [0.1, 0.15) is 11.6 Å². The van der Waals surface area contributed by atoms with E-state index >= 15 is 0 Å². The van der Waals surface area contributed by atoms with Crippen molar-refractivity contribution < 1.29 is 14.3 Å². The lowest BCUT2D eigenvalue weighted by Gasteiger charge is -2.21. The molecule has 1 aliphatic carbocycles. The van der Waals surface area contributed by atoms with Crippen LogP contribution in [0.4, 0.5) is 10.2 Å². The molecule has 6 heteroatoms. The fraction of sp³-hybridized carbons (Fsp3) is 0.148. The molecule has 0 atom stereocenters. The molecule has 0 radical (unpaired) electrons. The van der Waals surface area contributed by atoms with Gasteiger partial charge in [-0.25, -0.2) is 14.4 Å². The fourth-order valence-electron chi connectivity index (χ4n) is 4.14. The van der Waals surface area contributed by atoms with Crippen LogP contribution in [0.15, 0.2) is 72.8 Å². The highest BCUT2D eigenvalue weighted by molar-refractivity contribution is 5.92. The van der Waals surface area contributed by atoms with E-state index in [9.17, 15) is 14.3 Å². The van der Waals surface area contributed by atoms with Crippen LogP contribution in [0, 0.1) is 5.82 Å². The SMILES string of the molecule is O=C(Cc1ccc(F)cc1)Nc1nc2c(nc1Cc1ccccc1)-c1ccc(O)cc1CC2. The molecule has 1 amide bonds. The van der Waals surface area contributed by atoms with Crippen LogP contribution in [-0.2, 0) is 30.5 Å². The number of halogens is 1. The van der Waals surface area contributed by atoms with Crippen molar-refractivity contribution >= 4 is 11.7 Å². The van der Waals surface area contributed by atoms with Gasteiger partial charge in [-0.15, -0.1) is 0 Å². The highest BCUT2D eigenvalue weighted by Gasteiger charge is 2.23. The number of rotatable bonds is 5. The number of aryl methyl sites for hydroxylation is 2. The highest BCUT2D eigenvalue weighted by Crippen LogP contribution is 2.35. The predicted molar refractivity (Wildman–Crippen MR) is 125 cm³/mol. The number of aromatic nitrogens is 2. The predicted octanol–water partition coefficient (Wildman–Crippen LogP) is 4.86. The van der Waals surface area contributed by atoms with Crippen molar-refractivity contribution in [3.05, 3.63) is 107 Å². The van der Waals surface area contributed by atoms with Gasteiger partial charge in [0.25, 0.3) is 0 Å². The Hall–Kier alpha value is -4.06.